The van der Waals surface area contributed by atoms with E-state index in [4.69, 9.17) is 0 Å². The maximum atomic E-state index is 11.9. The number of nitrogens with one attached hydrogen (secondary N) is 3. The van der Waals surface area contributed by atoms with Gasteiger partial charge in [0.05, 0.1) is 0 Å². The van der Waals surface area contributed by atoms with E-state index < -0.39 is 0 Å². The lowest BCUT2D eigenvalue weighted by Crippen LogP contribution is -2.39. The van der Waals surface area contributed by atoms with Crippen LogP contribution < -0.4 is 16.0 Å². The number of anilines is 1. The van der Waals surface area contributed by atoms with Gasteiger partial charge in [0.25, 0.3) is 0 Å². The van der Waals surface area contributed by atoms with Gasteiger partial charge in [-0.15, -0.1) is 24.0 Å². The summed E-state index contributed by atoms with van der Waals surface area (Å²) in [7, 11) is 1.71. The van der Waals surface area contributed by atoms with Gasteiger partial charge in [-0.1, -0.05) is 15.9 Å². The number of rotatable bonds is 8. The third kappa shape index (κ3) is 8.65. The van der Waals surface area contributed by atoms with Crippen LogP contribution in [0.3, 0.4) is 0 Å². The Bertz CT molecular complexity index is 675. The molecule has 1 heterocycles. The standard InChI is InChI=1S/C17H23BrN6O.HI/c1-19-17(20-9-2-12-24-13-3-10-22-24)21-11-8-16(25)23-15-6-4-14(18)5-7-15;/h3-7,10,13H,2,8-9,11-12H2,1H3,(H,23,25)(H2,19,20,21);1H. The predicted molar refractivity (Wildman–Crippen MR) is 119 cm³/mol. The van der Waals surface area contributed by atoms with E-state index in [1.165, 1.54) is 0 Å². The lowest BCUT2D eigenvalue weighted by molar-refractivity contribution is -0.116. The number of amides is 1. The SMILES string of the molecule is CN=C(NCCCn1cccn1)NCCC(=O)Nc1ccc(Br)cc1.I. The average Bonchev–Trinajstić information content (AvgIpc) is 3.12. The number of guanidine groups is 1. The van der Waals surface area contributed by atoms with Gasteiger partial charge in [0, 0.05) is 55.7 Å². The van der Waals surface area contributed by atoms with Crippen LogP contribution in [0.5, 0.6) is 0 Å². The Morgan fingerprint density at radius 3 is 2.62 bits per heavy atom. The van der Waals surface area contributed by atoms with E-state index in [0.717, 1.165) is 29.7 Å². The molecule has 0 saturated heterocycles. The lowest BCUT2D eigenvalue weighted by atomic mass is 10.3. The number of aromatic nitrogens is 2. The first kappa shape index (κ1) is 22.4. The average molecular weight is 535 g/mol. The molecule has 0 fully saturated rings. The van der Waals surface area contributed by atoms with Crippen molar-refractivity contribution < 1.29 is 4.79 Å². The van der Waals surface area contributed by atoms with Crippen molar-refractivity contribution in [3.63, 3.8) is 0 Å². The van der Waals surface area contributed by atoms with Crippen molar-refractivity contribution in [2.45, 2.75) is 19.4 Å². The van der Waals surface area contributed by atoms with Gasteiger partial charge in [-0.05, 0) is 36.8 Å². The number of carbonyl (C=O) groups is 1. The molecule has 2 aromatic rings. The van der Waals surface area contributed by atoms with E-state index in [9.17, 15) is 4.79 Å². The molecule has 0 bridgehead atoms. The fourth-order valence-corrected chi connectivity index (χ4v) is 2.42. The van der Waals surface area contributed by atoms with Crippen molar-refractivity contribution in [2.75, 3.05) is 25.5 Å². The second-order valence-corrected chi connectivity index (χ2v) is 6.27. The van der Waals surface area contributed by atoms with Gasteiger partial charge in [-0.3, -0.25) is 14.5 Å². The lowest BCUT2D eigenvalue weighted by Gasteiger charge is -2.12. The Kier molecular flexibility index (Phi) is 10.9. The zero-order valence-electron chi connectivity index (χ0n) is 14.6. The molecule has 1 amide bonds. The minimum atomic E-state index is -0.0380. The van der Waals surface area contributed by atoms with Crippen LogP contribution in [-0.4, -0.2) is 41.8 Å². The highest BCUT2D eigenvalue weighted by atomic mass is 127. The number of benzene rings is 1. The largest absolute Gasteiger partial charge is 0.356 e. The molecule has 0 aliphatic heterocycles. The molecule has 1 aromatic carbocycles. The third-order valence-electron chi connectivity index (χ3n) is 3.41. The van der Waals surface area contributed by atoms with Crippen molar-refractivity contribution in [3.8, 4) is 0 Å². The zero-order valence-corrected chi connectivity index (χ0v) is 18.5. The second kappa shape index (κ2) is 12.7. The van der Waals surface area contributed by atoms with E-state index in [2.05, 4.69) is 42.0 Å². The molecular formula is C17H24BrIN6O. The first-order chi connectivity index (χ1) is 12.2. The highest BCUT2D eigenvalue weighted by Gasteiger charge is 2.03. The van der Waals surface area contributed by atoms with E-state index in [-0.39, 0.29) is 29.9 Å². The van der Waals surface area contributed by atoms with Gasteiger partial charge in [0.2, 0.25) is 5.91 Å². The van der Waals surface area contributed by atoms with Crippen LogP contribution in [-0.2, 0) is 11.3 Å². The molecule has 0 aliphatic carbocycles. The van der Waals surface area contributed by atoms with Crippen molar-refractivity contribution in [2.24, 2.45) is 4.99 Å². The van der Waals surface area contributed by atoms with Crippen molar-refractivity contribution in [3.05, 3.63) is 47.2 Å². The Hall–Kier alpha value is -1.62. The normalized spacial score (nSPS) is 10.8. The molecular weight excluding hydrogens is 511 g/mol. The number of hydrogen-bond acceptors (Lipinski definition) is 3. The Labute approximate surface area is 179 Å². The van der Waals surface area contributed by atoms with E-state index in [0.29, 0.717) is 18.9 Å². The van der Waals surface area contributed by atoms with Crippen molar-refractivity contribution >= 4 is 57.5 Å². The monoisotopic (exact) mass is 534 g/mol. The van der Waals surface area contributed by atoms with E-state index in [1.54, 1.807) is 13.2 Å². The summed E-state index contributed by atoms with van der Waals surface area (Å²) in [6, 6.07) is 9.41. The number of carbonyl (C=O) groups excluding carboxylic acids is 1. The molecule has 3 N–H and O–H groups in total. The van der Waals surface area contributed by atoms with Gasteiger partial charge in [0.15, 0.2) is 5.96 Å². The molecule has 142 valence electrons. The summed E-state index contributed by atoms with van der Waals surface area (Å²) >= 11 is 3.37. The van der Waals surface area contributed by atoms with E-state index >= 15 is 0 Å². The van der Waals surface area contributed by atoms with Crippen LogP contribution in [0.4, 0.5) is 5.69 Å². The van der Waals surface area contributed by atoms with Gasteiger partial charge in [-0.25, -0.2) is 0 Å². The molecule has 0 radical (unpaired) electrons. The molecule has 0 atom stereocenters. The van der Waals surface area contributed by atoms with E-state index in [1.807, 2.05) is 41.2 Å². The zero-order chi connectivity index (χ0) is 17.9. The Morgan fingerprint density at radius 2 is 1.96 bits per heavy atom. The smallest absolute Gasteiger partial charge is 0.226 e. The van der Waals surface area contributed by atoms with Crippen LogP contribution in [0.2, 0.25) is 0 Å². The highest BCUT2D eigenvalue weighted by molar-refractivity contribution is 14.0. The van der Waals surface area contributed by atoms with Crippen LogP contribution in [0.25, 0.3) is 0 Å². The Balaban J connectivity index is 0.00000338. The molecule has 0 unspecified atom stereocenters. The van der Waals surface area contributed by atoms with Crippen molar-refractivity contribution in [1.29, 1.82) is 0 Å². The topological polar surface area (TPSA) is 83.3 Å². The van der Waals surface area contributed by atoms with Crippen LogP contribution in [0.1, 0.15) is 12.8 Å². The highest BCUT2D eigenvalue weighted by Crippen LogP contribution is 2.14. The van der Waals surface area contributed by atoms with Crippen LogP contribution >= 0.6 is 39.9 Å². The summed E-state index contributed by atoms with van der Waals surface area (Å²) in [6.07, 6.45) is 5.01. The van der Waals surface area contributed by atoms with Crippen molar-refractivity contribution in [1.82, 2.24) is 20.4 Å². The summed E-state index contributed by atoms with van der Waals surface area (Å²) in [5, 5.41) is 13.4. The van der Waals surface area contributed by atoms with Gasteiger partial charge >= 0.3 is 0 Å². The number of halogens is 2. The second-order valence-electron chi connectivity index (χ2n) is 5.35. The summed E-state index contributed by atoms with van der Waals surface area (Å²) in [5.41, 5.74) is 0.786. The van der Waals surface area contributed by atoms with Gasteiger partial charge in [0.1, 0.15) is 0 Å². The maximum absolute atomic E-state index is 11.9. The number of hydrogen-bond donors (Lipinski definition) is 3. The molecule has 26 heavy (non-hydrogen) atoms. The summed E-state index contributed by atoms with van der Waals surface area (Å²) in [6.45, 7) is 2.15. The number of aryl methyl sites for hydroxylation is 1. The first-order valence-electron chi connectivity index (χ1n) is 8.15. The third-order valence-corrected chi connectivity index (χ3v) is 3.94. The molecule has 0 saturated carbocycles. The molecule has 1 aromatic heterocycles. The fourth-order valence-electron chi connectivity index (χ4n) is 2.15. The fraction of sp³-hybridized carbons (Fsp3) is 0.353. The summed E-state index contributed by atoms with van der Waals surface area (Å²) < 4.78 is 2.87. The summed E-state index contributed by atoms with van der Waals surface area (Å²) in [5.74, 6) is 0.654. The molecule has 0 spiro atoms. The predicted octanol–water partition coefficient (Wildman–Crippen LogP) is 2.85. The van der Waals surface area contributed by atoms with Crippen LogP contribution in [0, 0.1) is 0 Å². The summed E-state index contributed by atoms with van der Waals surface area (Å²) in [4.78, 5) is 16.1. The van der Waals surface area contributed by atoms with Gasteiger partial charge in [-0.2, -0.15) is 5.10 Å². The molecule has 9 heteroatoms. The molecule has 0 aliphatic rings. The Morgan fingerprint density at radius 1 is 1.23 bits per heavy atom. The molecule has 7 nitrogen and oxygen atoms in total. The first-order valence-corrected chi connectivity index (χ1v) is 8.94. The quantitative estimate of drug-likeness (QED) is 0.210. The minimum Gasteiger partial charge on any atom is -0.356 e. The number of aliphatic imine (C=N–C) groups is 1. The molecule has 2 rings (SSSR count). The number of nitrogens with zero attached hydrogens (tertiary/aromatic N) is 3. The maximum Gasteiger partial charge on any atom is 0.226 e. The van der Waals surface area contributed by atoms with Gasteiger partial charge < -0.3 is 16.0 Å². The van der Waals surface area contributed by atoms with Crippen LogP contribution in [0.15, 0.2) is 52.2 Å². The minimum absolute atomic E-state index is 0.